The lowest BCUT2D eigenvalue weighted by Gasteiger charge is -2.46. The fourth-order valence-corrected chi connectivity index (χ4v) is 2.35. The number of carbonyl (C=O) groups excluding carboxylic acids is 1. The van der Waals surface area contributed by atoms with Crippen molar-refractivity contribution in [2.75, 3.05) is 52.9 Å². The Balaban J connectivity index is 1.60. The lowest BCUT2D eigenvalue weighted by Crippen LogP contribution is -2.62. The SMILES string of the molecule is COC(=O)CCN1CC(N2CCNCC2)C1. The van der Waals surface area contributed by atoms with Gasteiger partial charge in [0.1, 0.15) is 0 Å². The molecule has 2 saturated heterocycles. The van der Waals surface area contributed by atoms with Crippen LogP contribution < -0.4 is 5.32 Å². The van der Waals surface area contributed by atoms with E-state index in [-0.39, 0.29) is 5.97 Å². The molecule has 16 heavy (non-hydrogen) atoms. The summed E-state index contributed by atoms with van der Waals surface area (Å²) in [6, 6.07) is 0.708. The van der Waals surface area contributed by atoms with Gasteiger partial charge in [0.2, 0.25) is 0 Å². The molecule has 0 aliphatic carbocycles. The van der Waals surface area contributed by atoms with Crippen LogP contribution in [0.2, 0.25) is 0 Å². The number of likely N-dealkylation sites (tertiary alicyclic amines) is 1. The Hall–Kier alpha value is -0.650. The fraction of sp³-hybridized carbons (Fsp3) is 0.909. The van der Waals surface area contributed by atoms with Gasteiger partial charge < -0.3 is 10.1 Å². The van der Waals surface area contributed by atoms with Crippen LogP contribution in [0.1, 0.15) is 6.42 Å². The third-order valence-electron chi connectivity index (χ3n) is 3.47. The Morgan fingerprint density at radius 2 is 2.06 bits per heavy atom. The number of piperazine rings is 1. The highest BCUT2D eigenvalue weighted by Crippen LogP contribution is 2.15. The fourth-order valence-electron chi connectivity index (χ4n) is 2.35. The van der Waals surface area contributed by atoms with E-state index in [1.807, 2.05) is 0 Å². The minimum Gasteiger partial charge on any atom is -0.469 e. The molecule has 0 radical (unpaired) electrons. The average molecular weight is 227 g/mol. The molecule has 5 heteroatoms. The first-order valence-electron chi connectivity index (χ1n) is 6.03. The Bertz CT molecular complexity index is 235. The number of ether oxygens (including phenoxy) is 1. The summed E-state index contributed by atoms with van der Waals surface area (Å²) in [7, 11) is 1.45. The molecular formula is C11H21N3O2. The Morgan fingerprint density at radius 3 is 2.69 bits per heavy atom. The average Bonchev–Trinajstić information content (AvgIpc) is 2.28. The van der Waals surface area contributed by atoms with Gasteiger partial charge in [-0.05, 0) is 0 Å². The second-order valence-electron chi connectivity index (χ2n) is 4.53. The molecule has 0 aromatic rings. The van der Waals surface area contributed by atoms with Crippen molar-refractivity contribution in [2.24, 2.45) is 0 Å². The van der Waals surface area contributed by atoms with E-state index in [0.29, 0.717) is 12.5 Å². The zero-order valence-electron chi connectivity index (χ0n) is 9.95. The molecule has 0 unspecified atom stereocenters. The first kappa shape index (κ1) is 11.8. The van der Waals surface area contributed by atoms with Crippen molar-refractivity contribution in [3.05, 3.63) is 0 Å². The molecule has 2 aliphatic rings. The molecule has 2 aliphatic heterocycles. The first-order chi connectivity index (χ1) is 7.79. The van der Waals surface area contributed by atoms with Crippen molar-refractivity contribution in [1.29, 1.82) is 0 Å². The third-order valence-corrected chi connectivity index (χ3v) is 3.47. The predicted molar refractivity (Wildman–Crippen MR) is 61.3 cm³/mol. The topological polar surface area (TPSA) is 44.8 Å². The van der Waals surface area contributed by atoms with Gasteiger partial charge in [-0.2, -0.15) is 0 Å². The van der Waals surface area contributed by atoms with Crippen molar-refractivity contribution in [2.45, 2.75) is 12.5 Å². The Morgan fingerprint density at radius 1 is 1.38 bits per heavy atom. The summed E-state index contributed by atoms with van der Waals surface area (Å²) in [5.74, 6) is -0.106. The molecule has 2 rings (SSSR count). The van der Waals surface area contributed by atoms with Crippen LogP contribution in [0.4, 0.5) is 0 Å². The summed E-state index contributed by atoms with van der Waals surface area (Å²) >= 11 is 0. The highest BCUT2D eigenvalue weighted by atomic mass is 16.5. The van der Waals surface area contributed by atoms with Crippen molar-refractivity contribution < 1.29 is 9.53 Å². The molecule has 0 amide bonds. The molecule has 1 N–H and O–H groups in total. The molecule has 5 nitrogen and oxygen atoms in total. The molecule has 0 bridgehead atoms. The number of nitrogens with one attached hydrogen (secondary N) is 1. The summed E-state index contributed by atoms with van der Waals surface area (Å²) in [5, 5.41) is 3.36. The van der Waals surface area contributed by atoms with Crippen LogP contribution in [0.3, 0.4) is 0 Å². The second kappa shape index (κ2) is 5.61. The number of rotatable bonds is 4. The van der Waals surface area contributed by atoms with Crippen molar-refractivity contribution in [3.63, 3.8) is 0 Å². The van der Waals surface area contributed by atoms with Gasteiger partial charge in [-0.3, -0.25) is 14.6 Å². The molecular weight excluding hydrogens is 206 g/mol. The van der Waals surface area contributed by atoms with Gasteiger partial charge in [-0.25, -0.2) is 0 Å². The van der Waals surface area contributed by atoms with E-state index in [0.717, 1.165) is 45.8 Å². The summed E-state index contributed by atoms with van der Waals surface area (Å²) < 4.78 is 4.63. The number of nitrogens with zero attached hydrogens (tertiary/aromatic N) is 2. The maximum atomic E-state index is 11.0. The van der Waals surface area contributed by atoms with Crippen LogP contribution in [-0.4, -0.2) is 74.7 Å². The van der Waals surface area contributed by atoms with Gasteiger partial charge in [-0.15, -0.1) is 0 Å². The van der Waals surface area contributed by atoms with Crippen LogP contribution in [0.15, 0.2) is 0 Å². The van der Waals surface area contributed by atoms with Gasteiger partial charge >= 0.3 is 5.97 Å². The quantitative estimate of drug-likeness (QED) is 0.633. The highest BCUT2D eigenvalue weighted by Gasteiger charge is 2.31. The summed E-state index contributed by atoms with van der Waals surface area (Å²) in [4.78, 5) is 15.8. The number of hydrogen-bond donors (Lipinski definition) is 1. The number of hydrogen-bond acceptors (Lipinski definition) is 5. The van der Waals surface area contributed by atoms with E-state index in [2.05, 4.69) is 19.9 Å². The lowest BCUT2D eigenvalue weighted by molar-refractivity contribution is -0.141. The Labute approximate surface area is 96.7 Å². The molecule has 2 fully saturated rings. The van der Waals surface area contributed by atoms with Gasteiger partial charge in [-0.1, -0.05) is 0 Å². The number of carbonyl (C=O) groups is 1. The summed E-state index contributed by atoms with van der Waals surface area (Å²) in [6.45, 7) is 7.60. The molecule has 92 valence electrons. The van der Waals surface area contributed by atoms with Gasteiger partial charge in [0.25, 0.3) is 0 Å². The van der Waals surface area contributed by atoms with E-state index in [1.54, 1.807) is 0 Å². The largest absolute Gasteiger partial charge is 0.469 e. The molecule has 2 heterocycles. The van der Waals surface area contributed by atoms with Crippen molar-refractivity contribution in [1.82, 2.24) is 15.1 Å². The van der Waals surface area contributed by atoms with Gasteiger partial charge in [0.15, 0.2) is 0 Å². The van der Waals surface area contributed by atoms with E-state index in [1.165, 1.54) is 7.11 Å². The standard InChI is InChI=1S/C11H21N3O2/c1-16-11(15)2-5-13-8-10(9-13)14-6-3-12-4-7-14/h10,12H,2-9H2,1H3. The Kier molecular flexibility index (Phi) is 4.15. The zero-order valence-corrected chi connectivity index (χ0v) is 9.95. The van der Waals surface area contributed by atoms with Crippen LogP contribution in [0.5, 0.6) is 0 Å². The first-order valence-corrected chi connectivity index (χ1v) is 6.03. The van der Waals surface area contributed by atoms with E-state index in [9.17, 15) is 4.79 Å². The van der Waals surface area contributed by atoms with Crippen LogP contribution >= 0.6 is 0 Å². The van der Waals surface area contributed by atoms with E-state index in [4.69, 9.17) is 0 Å². The number of methoxy groups -OCH3 is 1. The zero-order chi connectivity index (χ0) is 11.4. The van der Waals surface area contributed by atoms with Gasteiger partial charge in [0.05, 0.1) is 13.5 Å². The molecule has 0 saturated carbocycles. The van der Waals surface area contributed by atoms with E-state index < -0.39 is 0 Å². The minimum absolute atomic E-state index is 0.106. The van der Waals surface area contributed by atoms with Gasteiger partial charge in [0, 0.05) is 51.9 Å². The van der Waals surface area contributed by atoms with Crippen LogP contribution in [0, 0.1) is 0 Å². The third kappa shape index (κ3) is 2.93. The van der Waals surface area contributed by atoms with E-state index >= 15 is 0 Å². The lowest BCUT2D eigenvalue weighted by atomic mass is 10.1. The minimum atomic E-state index is -0.106. The van der Waals surface area contributed by atoms with Crippen molar-refractivity contribution in [3.8, 4) is 0 Å². The molecule has 0 aromatic heterocycles. The maximum absolute atomic E-state index is 11.0. The normalized spacial score (nSPS) is 24.1. The van der Waals surface area contributed by atoms with Crippen molar-refractivity contribution >= 4 is 5.97 Å². The molecule has 0 aromatic carbocycles. The summed E-state index contributed by atoms with van der Waals surface area (Å²) in [5.41, 5.74) is 0. The smallest absolute Gasteiger partial charge is 0.306 e. The highest BCUT2D eigenvalue weighted by molar-refractivity contribution is 5.69. The predicted octanol–water partition coefficient (Wildman–Crippen LogP) is -0.861. The molecule has 0 atom stereocenters. The molecule has 0 spiro atoms. The van der Waals surface area contributed by atoms with Crippen LogP contribution in [-0.2, 0) is 9.53 Å². The monoisotopic (exact) mass is 227 g/mol. The maximum Gasteiger partial charge on any atom is 0.306 e. The summed E-state index contributed by atoms with van der Waals surface area (Å²) in [6.07, 6.45) is 0.519. The number of esters is 1. The second-order valence-corrected chi connectivity index (χ2v) is 4.53. The van der Waals surface area contributed by atoms with Crippen LogP contribution in [0.25, 0.3) is 0 Å².